The highest BCUT2D eigenvalue weighted by Crippen LogP contribution is 2.37. The number of anilines is 3. The first-order valence-corrected chi connectivity index (χ1v) is 17.3. The highest BCUT2D eigenvalue weighted by Gasteiger charge is 2.46. The Balaban J connectivity index is 0.911. The summed E-state index contributed by atoms with van der Waals surface area (Å²) in [5.41, 5.74) is 3.68. The Bertz CT molecular complexity index is 1880. The van der Waals surface area contributed by atoms with E-state index in [1.165, 1.54) is 34.4 Å². The lowest BCUT2D eigenvalue weighted by molar-refractivity contribution is -0.117. The fourth-order valence-electron chi connectivity index (χ4n) is 6.96. The second-order valence-corrected chi connectivity index (χ2v) is 13.3. The third kappa shape index (κ3) is 7.67. The van der Waals surface area contributed by atoms with Crippen LogP contribution in [0, 0.1) is 11.6 Å². The number of hydrogen-bond acceptors (Lipinski definition) is 11. The summed E-state index contributed by atoms with van der Waals surface area (Å²) in [6.07, 6.45) is 0.510. The molecule has 3 atom stereocenters. The number of carbonyl (C=O) groups is 2. The van der Waals surface area contributed by atoms with Gasteiger partial charge in [-0.3, -0.25) is 15.2 Å². The molecule has 3 N–H and O–H groups in total. The van der Waals surface area contributed by atoms with Gasteiger partial charge in [0, 0.05) is 60.9 Å². The van der Waals surface area contributed by atoms with E-state index in [9.17, 15) is 18.4 Å². The van der Waals surface area contributed by atoms with Gasteiger partial charge in [0.15, 0.2) is 12.5 Å². The molecule has 0 radical (unpaired) electrons. The van der Waals surface area contributed by atoms with Gasteiger partial charge < -0.3 is 28.7 Å². The van der Waals surface area contributed by atoms with Gasteiger partial charge in [0.2, 0.25) is 0 Å². The molecule has 0 bridgehead atoms. The molecule has 3 aromatic carbocycles. The van der Waals surface area contributed by atoms with Gasteiger partial charge in [0.1, 0.15) is 42.2 Å². The van der Waals surface area contributed by atoms with E-state index in [1.807, 2.05) is 67.8 Å². The zero-order valence-corrected chi connectivity index (χ0v) is 29.3. The Kier molecular flexibility index (Phi) is 10.3. The molecule has 1 aromatic heterocycles. The van der Waals surface area contributed by atoms with E-state index >= 15 is 0 Å². The highest BCUT2D eigenvalue weighted by molar-refractivity contribution is 5.95. The molecule has 3 saturated heterocycles. The largest absolute Gasteiger partial charge is 0.488 e. The topological polar surface area (TPSA) is 153 Å². The standard InChI is InChI=1S/C36H41F2N9O6/c1-24(2)47-32(52-34(48)42-39)18-46(35(47)49)28-6-4-26(5-7-28)43-13-15-44(16-14-43)27-8-10-29(11-9-27)50-19-33-51-21-36(53-33,20-45-23-40-22-41-45)30-12-3-25(37)17-31(30)38/h3-12,17,22-24,32-33H,13-16,18-21,39H2,1-2H3,(H,42,48)/t32?,33-,36+/m0/s1. The molecule has 7 rings (SSSR count). The zero-order chi connectivity index (χ0) is 37.1. The maximum atomic E-state index is 14.9. The summed E-state index contributed by atoms with van der Waals surface area (Å²) >= 11 is 0. The molecule has 3 aliphatic heterocycles. The third-order valence-corrected chi connectivity index (χ3v) is 9.58. The number of hydrogen-bond donors (Lipinski definition) is 2. The lowest BCUT2D eigenvalue weighted by atomic mass is 9.94. The predicted octanol–water partition coefficient (Wildman–Crippen LogP) is 3.81. The van der Waals surface area contributed by atoms with Crippen LogP contribution in [0.15, 0.2) is 79.4 Å². The molecule has 3 aliphatic rings. The van der Waals surface area contributed by atoms with Crippen LogP contribution in [-0.2, 0) is 26.4 Å². The predicted molar refractivity (Wildman–Crippen MR) is 189 cm³/mol. The van der Waals surface area contributed by atoms with Crippen molar-refractivity contribution in [3.63, 3.8) is 0 Å². The minimum absolute atomic E-state index is 0.0143. The summed E-state index contributed by atoms with van der Waals surface area (Å²) in [5.74, 6) is 4.38. The number of nitrogens with two attached hydrogens (primary N) is 1. The van der Waals surface area contributed by atoms with Crippen molar-refractivity contribution in [3.8, 4) is 5.75 Å². The van der Waals surface area contributed by atoms with Gasteiger partial charge in [-0.1, -0.05) is 6.07 Å². The summed E-state index contributed by atoms with van der Waals surface area (Å²) in [6.45, 7) is 7.30. The van der Waals surface area contributed by atoms with E-state index in [2.05, 4.69) is 19.9 Å². The Hall–Kier alpha value is -5.52. The van der Waals surface area contributed by atoms with Crippen molar-refractivity contribution in [1.29, 1.82) is 0 Å². The van der Waals surface area contributed by atoms with Gasteiger partial charge in [0.05, 0.1) is 19.7 Å². The number of nitrogens with one attached hydrogen (secondary N) is 1. The van der Waals surface area contributed by atoms with Crippen LogP contribution < -0.4 is 30.7 Å². The average molecular weight is 734 g/mol. The van der Waals surface area contributed by atoms with E-state index in [1.54, 1.807) is 4.90 Å². The molecular weight excluding hydrogens is 692 g/mol. The Morgan fingerprint density at radius 1 is 1.00 bits per heavy atom. The number of aromatic nitrogens is 3. The number of rotatable bonds is 11. The van der Waals surface area contributed by atoms with Crippen molar-refractivity contribution in [2.24, 2.45) is 5.84 Å². The van der Waals surface area contributed by atoms with E-state index in [4.69, 9.17) is 24.8 Å². The van der Waals surface area contributed by atoms with Gasteiger partial charge in [-0.15, -0.1) is 0 Å². The van der Waals surface area contributed by atoms with Crippen LogP contribution in [0.5, 0.6) is 5.75 Å². The van der Waals surface area contributed by atoms with Crippen LogP contribution in [-0.4, -0.2) is 96.3 Å². The minimum Gasteiger partial charge on any atom is -0.488 e. The number of urea groups is 1. The Labute approximate surface area is 304 Å². The number of benzene rings is 3. The first-order valence-electron chi connectivity index (χ1n) is 17.3. The molecular formula is C36H41F2N9O6. The van der Waals surface area contributed by atoms with E-state index in [0.717, 1.165) is 43.6 Å². The normalized spacial score (nSPS) is 21.8. The molecule has 3 fully saturated rings. The fourth-order valence-corrected chi connectivity index (χ4v) is 6.96. The van der Waals surface area contributed by atoms with Gasteiger partial charge >= 0.3 is 12.1 Å². The van der Waals surface area contributed by atoms with Crippen molar-refractivity contribution in [2.75, 3.05) is 60.6 Å². The number of ether oxygens (including phenoxy) is 4. The third-order valence-electron chi connectivity index (χ3n) is 9.58. The van der Waals surface area contributed by atoms with E-state index in [0.29, 0.717) is 11.4 Å². The van der Waals surface area contributed by atoms with Gasteiger partial charge in [0.25, 0.3) is 0 Å². The quantitative estimate of drug-likeness (QED) is 0.132. The number of amides is 3. The molecule has 17 heteroatoms. The summed E-state index contributed by atoms with van der Waals surface area (Å²) in [4.78, 5) is 36.6. The maximum Gasteiger partial charge on any atom is 0.423 e. The first kappa shape index (κ1) is 35.9. The Morgan fingerprint density at radius 2 is 1.66 bits per heavy atom. The van der Waals surface area contributed by atoms with Gasteiger partial charge in [-0.05, 0) is 68.4 Å². The van der Waals surface area contributed by atoms with Crippen LogP contribution in [0.3, 0.4) is 0 Å². The molecule has 1 unspecified atom stereocenters. The van der Waals surface area contributed by atoms with Crippen LogP contribution in [0.2, 0.25) is 0 Å². The molecule has 4 aromatic rings. The summed E-state index contributed by atoms with van der Waals surface area (Å²) in [6, 6.07) is 18.5. The van der Waals surface area contributed by atoms with E-state index in [-0.39, 0.29) is 43.9 Å². The SMILES string of the molecule is CC(C)N1C(=O)N(c2ccc(N3CCN(c4ccc(OC[C@H]5OC[C@](Cn6cncn6)(c6ccc(F)cc6F)O5)cc4)CC3)cc2)CC1OC(=O)NN. The van der Waals surface area contributed by atoms with Crippen LogP contribution in [0.4, 0.5) is 35.4 Å². The molecule has 3 amide bonds. The van der Waals surface area contributed by atoms with Crippen molar-refractivity contribution >= 4 is 29.2 Å². The molecule has 0 saturated carbocycles. The lowest BCUT2D eigenvalue weighted by Gasteiger charge is -2.37. The number of carbonyl (C=O) groups excluding carboxylic acids is 2. The average Bonchev–Trinajstić information content (AvgIpc) is 3.91. The van der Waals surface area contributed by atoms with Crippen molar-refractivity contribution < 1.29 is 37.3 Å². The second-order valence-electron chi connectivity index (χ2n) is 13.3. The highest BCUT2D eigenvalue weighted by atomic mass is 19.1. The molecule has 280 valence electrons. The van der Waals surface area contributed by atoms with E-state index < -0.39 is 35.8 Å². The molecule has 15 nitrogen and oxygen atoms in total. The fraction of sp³-hybridized carbons (Fsp3) is 0.389. The summed E-state index contributed by atoms with van der Waals surface area (Å²) < 4.78 is 53.6. The van der Waals surface area contributed by atoms with Crippen LogP contribution >= 0.6 is 0 Å². The van der Waals surface area contributed by atoms with Crippen LogP contribution in [0.1, 0.15) is 19.4 Å². The van der Waals surface area contributed by atoms with Gasteiger partial charge in [-0.25, -0.2) is 33.9 Å². The molecule has 0 spiro atoms. The monoisotopic (exact) mass is 733 g/mol. The molecule has 4 heterocycles. The zero-order valence-electron chi connectivity index (χ0n) is 29.3. The number of hydrazine groups is 1. The smallest absolute Gasteiger partial charge is 0.423 e. The van der Waals surface area contributed by atoms with Crippen molar-refractivity contribution in [3.05, 3.63) is 96.6 Å². The summed E-state index contributed by atoms with van der Waals surface area (Å²) in [5, 5.41) is 4.13. The van der Waals surface area contributed by atoms with Gasteiger partial charge in [-0.2, -0.15) is 5.10 Å². The Morgan fingerprint density at radius 3 is 2.26 bits per heavy atom. The minimum atomic E-state index is -1.25. The lowest BCUT2D eigenvalue weighted by Crippen LogP contribution is -2.46. The number of halogens is 2. The second kappa shape index (κ2) is 15.2. The van der Waals surface area contributed by atoms with Crippen molar-refractivity contribution in [1.82, 2.24) is 25.1 Å². The first-order chi connectivity index (χ1) is 25.6. The summed E-state index contributed by atoms with van der Waals surface area (Å²) in [7, 11) is 0. The van der Waals surface area contributed by atoms with Crippen LogP contribution in [0.25, 0.3) is 0 Å². The number of piperazine rings is 1. The van der Waals surface area contributed by atoms with Crippen molar-refractivity contribution in [2.45, 2.75) is 44.6 Å². The maximum absolute atomic E-state index is 14.9. The molecule has 0 aliphatic carbocycles. The molecule has 53 heavy (non-hydrogen) atoms. The number of nitrogens with zero attached hydrogens (tertiary/aromatic N) is 7.